The highest BCUT2D eigenvalue weighted by Crippen LogP contribution is 2.50. The SMILES string of the molecule is N#CCC1(CS(=O)(=O)c2ccccc2Cl)CC1. The van der Waals surface area contributed by atoms with Crippen LogP contribution in [-0.4, -0.2) is 14.2 Å². The second-order valence-electron chi connectivity index (χ2n) is 4.52. The van der Waals surface area contributed by atoms with E-state index in [4.69, 9.17) is 16.9 Å². The molecule has 1 saturated carbocycles. The second-order valence-corrected chi connectivity index (χ2v) is 6.89. The highest BCUT2D eigenvalue weighted by Gasteiger charge is 2.46. The molecule has 0 aliphatic heterocycles. The van der Waals surface area contributed by atoms with Gasteiger partial charge in [-0.2, -0.15) is 5.26 Å². The minimum Gasteiger partial charge on any atom is -0.224 e. The molecule has 1 aromatic carbocycles. The van der Waals surface area contributed by atoms with Crippen molar-refractivity contribution in [3.8, 4) is 6.07 Å². The van der Waals surface area contributed by atoms with Gasteiger partial charge in [-0.3, -0.25) is 0 Å². The van der Waals surface area contributed by atoms with Gasteiger partial charge in [-0.25, -0.2) is 8.42 Å². The van der Waals surface area contributed by atoms with Crippen molar-refractivity contribution < 1.29 is 8.42 Å². The lowest BCUT2D eigenvalue weighted by Gasteiger charge is -2.12. The van der Waals surface area contributed by atoms with Crippen LogP contribution >= 0.6 is 11.6 Å². The Bertz CT molecular complexity index is 570. The summed E-state index contributed by atoms with van der Waals surface area (Å²) in [6, 6.07) is 8.50. The van der Waals surface area contributed by atoms with Crippen LogP contribution < -0.4 is 0 Å². The molecular weight excluding hydrogens is 258 g/mol. The summed E-state index contributed by atoms with van der Waals surface area (Å²) in [7, 11) is -3.39. The van der Waals surface area contributed by atoms with Crippen molar-refractivity contribution in [2.24, 2.45) is 5.41 Å². The van der Waals surface area contributed by atoms with E-state index in [0.717, 1.165) is 12.8 Å². The normalized spacial score (nSPS) is 17.4. The quantitative estimate of drug-likeness (QED) is 0.844. The maximum Gasteiger partial charge on any atom is 0.180 e. The zero-order valence-corrected chi connectivity index (χ0v) is 10.8. The number of sulfone groups is 1. The first-order valence-electron chi connectivity index (χ1n) is 5.33. The molecule has 0 spiro atoms. The van der Waals surface area contributed by atoms with E-state index in [1.165, 1.54) is 6.07 Å². The van der Waals surface area contributed by atoms with Gasteiger partial charge in [0.05, 0.1) is 21.7 Å². The van der Waals surface area contributed by atoms with Gasteiger partial charge in [-0.1, -0.05) is 23.7 Å². The van der Waals surface area contributed by atoms with E-state index >= 15 is 0 Å². The second kappa shape index (κ2) is 4.32. The molecule has 1 fully saturated rings. The van der Waals surface area contributed by atoms with Crippen molar-refractivity contribution >= 4 is 21.4 Å². The summed E-state index contributed by atoms with van der Waals surface area (Å²) in [6.45, 7) is 0. The Morgan fingerprint density at radius 1 is 1.35 bits per heavy atom. The van der Waals surface area contributed by atoms with Gasteiger partial charge in [0.25, 0.3) is 0 Å². The lowest BCUT2D eigenvalue weighted by atomic mass is 10.1. The first-order valence-corrected chi connectivity index (χ1v) is 7.36. The number of hydrogen-bond donors (Lipinski definition) is 0. The topological polar surface area (TPSA) is 57.9 Å². The predicted molar refractivity (Wildman–Crippen MR) is 65.4 cm³/mol. The van der Waals surface area contributed by atoms with Crippen molar-refractivity contribution in [2.45, 2.75) is 24.2 Å². The van der Waals surface area contributed by atoms with Gasteiger partial charge in [0.2, 0.25) is 0 Å². The van der Waals surface area contributed by atoms with Crippen LogP contribution in [0.3, 0.4) is 0 Å². The van der Waals surface area contributed by atoms with Crippen LogP contribution in [0.2, 0.25) is 5.02 Å². The number of rotatable bonds is 4. The molecule has 17 heavy (non-hydrogen) atoms. The molecule has 1 aliphatic carbocycles. The fourth-order valence-corrected chi connectivity index (χ4v) is 4.39. The molecular formula is C12H12ClNO2S. The zero-order chi connectivity index (χ0) is 12.5. The molecule has 0 aromatic heterocycles. The number of nitrogens with zero attached hydrogens (tertiary/aromatic N) is 1. The fourth-order valence-electron chi connectivity index (χ4n) is 1.89. The largest absolute Gasteiger partial charge is 0.224 e. The van der Waals surface area contributed by atoms with Crippen LogP contribution in [0.5, 0.6) is 0 Å². The van der Waals surface area contributed by atoms with E-state index in [2.05, 4.69) is 6.07 Å². The first kappa shape index (κ1) is 12.4. The number of nitriles is 1. The Balaban J connectivity index is 2.27. The third-order valence-corrected chi connectivity index (χ3v) is 5.54. The van der Waals surface area contributed by atoms with Crippen molar-refractivity contribution in [1.29, 1.82) is 5.26 Å². The smallest absolute Gasteiger partial charge is 0.180 e. The average Bonchev–Trinajstić information content (AvgIpc) is 2.97. The summed E-state index contributed by atoms with van der Waals surface area (Å²) in [5.41, 5.74) is -0.327. The summed E-state index contributed by atoms with van der Waals surface area (Å²) in [5.74, 6) is 0.0251. The molecule has 0 bridgehead atoms. The van der Waals surface area contributed by atoms with E-state index in [9.17, 15) is 8.42 Å². The fraction of sp³-hybridized carbons (Fsp3) is 0.417. The van der Waals surface area contributed by atoms with E-state index in [1.807, 2.05) is 0 Å². The molecule has 5 heteroatoms. The van der Waals surface area contributed by atoms with E-state index < -0.39 is 9.84 Å². The molecule has 0 atom stereocenters. The van der Waals surface area contributed by atoms with Gasteiger partial charge in [0.15, 0.2) is 9.84 Å². The van der Waals surface area contributed by atoms with Crippen LogP contribution in [0.25, 0.3) is 0 Å². The van der Waals surface area contributed by atoms with Crippen molar-refractivity contribution in [3.05, 3.63) is 29.3 Å². The zero-order valence-electron chi connectivity index (χ0n) is 9.19. The third-order valence-electron chi connectivity index (χ3n) is 3.08. The van der Waals surface area contributed by atoms with E-state index in [1.54, 1.807) is 18.2 Å². The summed E-state index contributed by atoms with van der Waals surface area (Å²) in [6.07, 6.45) is 1.92. The minimum absolute atomic E-state index is 0.0251. The van der Waals surface area contributed by atoms with Gasteiger partial charge < -0.3 is 0 Å². The van der Waals surface area contributed by atoms with Crippen LogP contribution in [0.15, 0.2) is 29.2 Å². The molecule has 0 heterocycles. The van der Waals surface area contributed by atoms with Gasteiger partial charge in [0, 0.05) is 6.42 Å². The molecule has 1 aromatic rings. The lowest BCUT2D eigenvalue weighted by Crippen LogP contribution is -2.17. The van der Waals surface area contributed by atoms with Gasteiger partial charge >= 0.3 is 0 Å². The van der Waals surface area contributed by atoms with Gasteiger partial charge in [-0.05, 0) is 30.4 Å². The molecule has 0 unspecified atom stereocenters. The Kier molecular flexibility index (Phi) is 3.15. The van der Waals surface area contributed by atoms with Gasteiger partial charge in [0.1, 0.15) is 0 Å². The Labute approximate surface area is 106 Å². The maximum atomic E-state index is 12.2. The summed E-state index contributed by atoms with van der Waals surface area (Å²) >= 11 is 5.89. The summed E-state index contributed by atoms with van der Waals surface area (Å²) < 4.78 is 24.4. The molecule has 2 rings (SSSR count). The van der Waals surface area contributed by atoms with Crippen LogP contribution in [0, 0.1) is 16.7 Å². The van der Waals surface area contributed by atoms with Crippen LogP contribution in [0.1, 0.15) is 19.3 Å². The van der Waals surface area contributed by atoms with E-state index in [-0.39, 0.29) is 21.1 Å². The molecule has 1 aliphatic rings. The number of halogens is 1. The van der Waals surface area contributed by atoms with Gasteiger partial charge in [-0.15, -0.1) is 0 Å². The molecule has 0 N–H and O–H groups in total. The Morgan fingerprint density at radius 3 is 2.53 bits per heavy atom. The summed E-state index contributed by atoms with van der Waals surface area (Å²) in [4.78, 5) is 0.172. The molecule has 0 saturated heterocycles. The maximum absolute atomic E-state index is 12.2. The van der Waals surface area contributed by atoms with Crippen LogP contribution in [-0.2, 0) is 9.84 Å². The minimum atomic E-state index is -3.39. The van der Waals surface area contributed by atoms with Crippen molar-refractivity contribution in [2.75, 3.05) is 5.75 Å². The molecule has 0 amide bonds. The predicted octanol–water partition coefficient (Wildman–Crippen LogP) is 2.81. The van der Waals surface area contributed by atoms with Crippen molar-refractivity contribution in [1.82, 2.24) is 0 Å². The standard InChI is InChI=1S/C12H12ClNO2S/c13-10-3-1-2-4-11(10)17(15,16)9-12(5-6-12)7-8-14/h1-4H,5-7,9H2. The monoisotopic (exact) mass is 269 g/mol. The molecule has 90 valence electrons. The molecule has 3 nitrogen and oxygen atoms in total. The van der Waals surface area contributed by atoms with Crippen molar-refractivity contribution in [3.63, 3.8) is 0 Å². The summed E-state index contributed by atoms with van der Waals surface area (Å²) in [5, 5.41) is 8.94. The third kappa shape index (κ3) is 2.62. The van der Waals surface area contributed by atoms with Crippen LogP contribution in [0.4, 0.5) is 0 Å². The highest BCUT2D eigenvalue weighted by molar-refractivity contribution is 7.91. The average molecular weight is 270 g/mol. The Hall–Kier alpha value is -1.05. The number of hydrogen-bond acceptors (Lipinski definition) is 3. The first-order chi connectivity index (χ1) is 7.99. The number of benzene rings is 1. The molecule has 0 radical (unpaired) electrons. The Morgan fingerprint density at radius 2 is 2.00 bits per heavy atom. The highest BCUT2D eigenvalue weighted by atomic mass is 35.5. The lowest BCUT2D eigenvalue weighted by molar-refractivity contribution is 0.548. The van der Waals surface area contributed by atoms with E-state index in [0.29, 0.717) is 6.42 Å².